The summed E-state index contributed by atoms with van der Waals surface area (Å²) in [6, 6.07) is 7.49. The number of rotatable bonds is 7. The molecule has 4 aromatic rings. The van der Waals surface area contributed by atoms with E-state index in [1.54, 1.807) is 42.9 Å². The number of aromatic nitrogens is 4. The van der Waals surface area contributed by atoms with Crippen molar-refractivity contribution in [1.29, 1.82) is 0 Å². The molecule has 0 spiro atoms. The number of nitrogens with one attached hydrogen (secondary N) is 2. The Morgan fingerprint density at radius 1 is 1.11 bits per heavy atom. The van der Waals surface area contributed by atoms with Crippen molar-refractivity contribution in [2.24, 2.45) is 0 Å². The highest BCUT2D eigenvalue weighted by Crippen LogP contribution is 2.31. The van der Waals surface area contributed by atoms with Crippen molar-refractivity contribution in [1.82, 2.24) is 25.1 Å². The van der Waals surface area contributed by atoms with Crippen molar-refractivity contribution in [3.63, 3.8) is 0 Å². The molecule has 11 heteroatoms. The molecule has 0 aliphatic carbocycles. The Labute approximate surface area is 206 Å². The number of carbonyl (C=O) groups excluding carboxylic acids is 1. The quantitative estimate of drug-likeness (QED) is 0.406. The summed E-state index contributed by atoms with van der Waals surface area (Å²) in [5.41, 5.74) is 3.61. The fourth-order valence-corrected chi connectivity index (χ4v) is 4.68. The lowest BCUT2D eigenvalue weighted by Crippen LogP contribution is -2.43. The zero-order valence-corrected chi connectivity index (χ0v) is 20.2. The molecule has 1 aliphatic heterocycles. The maximum Gasteiger partial charge on any atom is 0.275 e. The van der Waals surface area contributed by atoms with Crippen LogP contribution in [0.25, 0.3) is 16.3 Å². The van der Waals surface area contributed by atoms with Crippen molar-refractivity contribution in [3.8, 4) is 27.8 Å². The fourth-order valence-electron chi connectivity index (χ4n) is 3.90. The molecule has 0 atom stereocenters. The second kappa shape index (κ2) is 10.1. The number of nitrogens with zero attached hydrogens (tertiary/aromatic N) is 5. The molecule has 1 aliphatic rings. The summed E-state index contributed by atoms with van der Waals surface area (Å²) in [7, 11) is 3.19. The summed E-state index contributed by atoms with van der Waals surface area (Å²) in [6.07, 6.45) is 7.01. The minimum Gasteiger partial charge on any atom is -0.493 e. The summed E-state index contributed by atoms with van der Waals surface area (Å²) in [6.45, 7) is 3.56. The van der Waals surface area contributed by atoms with E-state index in [-0.39, 0.29) is 5.91 Å². The van der Waals surface area contributed by atoms with Crippen LogP contribution in [-0.4, -0.2) is 66.1 Å². The van der Waals surface area contributed by atoms with Crippen LogP contribution in [0.2, 0.25) is 0 Å². The lowest BCUT2D eigenvalue weighted by molar-refractivity contribution is 0.102. The van der Waals surface area contributed by atoms with Gasteiger partial charge in [0, 0.05) is 55.6 Å². The number of benzene rings is 1. The Morgan fingerprint density at radius 2 is 1.94 bits per heavy atom. The van der Waals surface area contributed by atoms with E-state index in [1.807, 2.05) is 30.5 Å². The highest BCUT2D eigenvalue weighted by molar-refractivity contribution is 7.13. The number of carbonyl (C=O) groups is 1. The zero-order chi connectivity index (χ0) is 24.2. The van der Waals surface area contributed by atoms with Crippen LogP contribution in [0.3, 0.4) is 0 Å². The molecule has 0 bridgehead atoms. The molecular weight excluding hydrogens is 466 g/mol. The Hall–Kier alpha value is -3.96. The molecule has 0 saturated carbocycles. The van der Waals surface area contributed by atoms with Gasteiger partial charge >= 0.3 is 0 Å². The lowest BCUT2D eigenvalue weighted by atomic mass is 10.2. The summed E-state index contributed by atoms with van der Waals surface area (Å²) in [5.74, 6) is 0.989. The summed E-state index contributed by atoms with van der Waals surface area (Å²) >= 11 is 1.39. The molecular formula is C24H25N7O3S. The maximum atomic E-state index is 13.0. The number of anilines is 2. The third kappa shape index (κ3) is 4.81. The number of pyridine rings is 1. The molecule has 1 saturated heterocycles. The molecule has 180 valence electrons. The Balaban J connectivity index is 1.33. The number of amides is 1. The van der Waals surface area contributed by atoms with Crippen LogP contribution in [0, 0.1) is 0 Å². The van der Waals surface area contributed by atoms with Gasteiger partial charge < -0.3 is 25.0 Å². The molecule has 2 N–H and O–H groups in total. The van der Waals surface area contributed by atoms with Gasteiger partial charge in [-0.1, -0.05) is 0 Å². The van der Waals surface area contributed by atoms with Crippen molar-refractivity contribution in [2.75, 3.05) is 50.6 Å². The van der Waals surface area contributed by atoms with Gasteiger partial charge in [-0.2, -0.15) is 5.10 Å². The van der Waals surface area contributed by atoms with Crippen molar-refractivity contribution in [2.45, 2.75) is 0 Å². The van der Waals surface area contributed by atoms with E-state index in [0.29, 0.717) is 27.9 Å². The van der Waals surface area contributed by atoms with Gasteiger partial charge in [-0.15, -0.1) is 11.3 Å². The number of piperazine rings is 1. The average molecular weight is 492 g/mol. The van der Waals surface area contributed by atoms with Crippen LogP contribution < -0.4 is 25.0 Å². The zero-order valence-electron chi connectivity index (χ0n) is 19.4. The fraction of sp³-hybridized carbons (Fsp3) is 0.250. The van der Waals surface area contributed by atoms with Crippen LogP contribution >= 0.6 is 11.3 Å². The molecule has 3 aromatic heterocycles. The summed E-state index contributed by atoms with van der Waals surface area (Å²) < 4.78 is 12.4. The van der Waals surface area contributed by atoms with Gasteiger partial charge in [0.1, 0.15) is 10.7 Å². The number of hydrogen-bond acceptors (Lipinski definition) is 9. The third-order valence-corrected chi connectivity index (χ3v) is 6.59. The van der Waals surface area contributed by atoms with Crippen LogP contribution in [0.1, 0.15) is 10.5 Å². The number of methoxy groups -OCH3 is 2. The first-order valence-electron chi connectivity index (χ1n) is 11.1. The molecule has 1 amide bonds. The molecule has 1 aromatic carbocycles. The predicted octanol–water partition coefficient (Wildman–Crippen LogP) is 3.07. The van der Waals surface area contributed by atoms with Gasteiger partial charge in [-0.25, -0.2) is 9.67 Å². The lowest BCUT2D eigenvalue weighted by Gasteiger charge is -2.30. The second-order valence-corrected chi connectivity index (χ2v) is 8.69. The summed E-state index contributed by atoms with van der Waals surface area (Å²) in [4.78, 5) is 24.0. The monoisotopic (exact) mass is 491 g/mol. The Kier molecular flexibility index (Phi) is 6.59. The molecule has 4 heterocycles. The SMILES string of the molecule is COc1ccc(-n2cc(-c3nc(C(=O)Nc4cnccc4N4CCNCC4)cs3)cn2)cc1OC. The van der Waals surface area contributed by atoms with Gasteiger partial charge in [0.15, 0.2) is 11.5 Å². The first kappa shape index (κ1) is 22.8. The topological polar surface area (TPSA) is 106 Å². The van der Waals surface area contributed by atoms with E-state index in [0.717, 1.165) is 43.1 Å². The van der Waals surface area contributed by atoms with Crippen molar-refractivity contribution in [3.05, 3.63) is 60.1 Å². The predicted molar refractivity (Wildman–Crippen MR) is 135 cm³/mol. The summed E-state index contributed by atoms with van der Waals surface area (Å²) in [5, 5.41) is 13.2. The minimum atomic E-state index is -0.274. The number of thiazole rings is 1. The maximum absolute atomic E-state index is 13.0. The standard InChI is InChI=1S/C24H25N7O3S/c1-33-21-4-3-17(11-22(21)34-2)31-14-16(12-27-31)24-29-19(15-35-24)23(32)28-18-13-26-6-5-20(18)30-9-7-25-8-10-30/h3-6,11-15,25H,7-10H2,1-2H3,(H,28,32). The molecule has 0 unspecified atom stereocenters. The van der Waals surface area contributed by atoms with E-state index in [4.69, 9.17) is 9.47 Å². The molecule has 35 heavy (non-hydrogen) atoms. The normalized spacial score (nSPS) is 13.5. The van der Waals surface area contributed by atoms with Crippen molar-refractivity contribution < 1.29 is 14.3 Å². The number of ether oxygens (including phenoxy) is 2. The largest absolute Gasteiger partial charge is 0.493 e. The van der Waals surface area contributed by atoms with Gasteiger partial charge in [-0.05, 0) is 18.2 Å². The van der Waals surface area contributed by atoms with Gasteiger partial charge in [-0.3, -0.25) is 9.78 Å². The average Bonchev–Trinajstić information content (AvgIpc) is 3.59. The van der Waals surface area contributed by atoms with Crippen molar-refractivity contribution >= 4 is 28.6 Å². The van der Waals surface area contributed by atoms with Crippen LogP contribution in [-0.2, 0) is 0 Å². The smallest absolute Gasteiger partial charge is 0.275 e. The Morgan fingerprint density at radius 3 is 2.74 bits per heavy atom. The van der Waals surface area contributed by atoms with E-state index >= 15 is 0 Å². The van der Waals surface area contributed by atoms with Gasteiger partial charge in [0.25, 0.3) is 5.91 Å². The third-order valence-electron chi connectivity index (χ3n) is 5.70. The first-order chi connectivity index (χ1) is 17.2. The molecule has 5 rings (SSSR count). The minimum absolute atomic E-state index is 0.274. The van der Waals surface area contributed by atoms with Crippen LogP contribution in [0.4, 0.5) is 11.4 Å². The van der Waals surface area contributed by atoms with Gasteiger partial charge in [0.2, 0.25) is 0 Å². The van der Waals surface area contributed by atoms with E-state index in [2.05, 4.69) is 30.6 Å². The van der Waals surface area contributed by atoms with E-state index in [9.17, 15) is 4.79 Å². The van der Waals surface area contributed by atoms with Crippen LogP contribution in [0.15, 0.2) is 54.4 Å². The van der Waals surface area contributed by atoms with Gasteiger partial charge in [0.05, 0.1) is 43.7 Å². The number of hydrogen-bond donors (Lipinski definition) is 2. The molecule has 10 nitrogen and oxygen atoms in total. The highest BCUT2D eigenvalue weighted by Gasteiger charge is 2.18. The van der Waals surface area contributed by atoms with E-state index in [1.165, 1.54) is 11.3 Å². The molecule has 1 fully saturated rings. The molecule has 0 radical (unpaired) electrons. The highest BCUT2D eigenvalue weighted by atomic mass is 32.1. The Bertz CT molecular complexity index is 1330. The second-order valence-electron chi connectivity index (χ2n) is 7.83. The van der Waals surface area contributed by atoms with E-state index < -0.39 is 0 Å². The first-order valence-corrected chi connectivity index (χ1v) is 12.0. The van der Waals surface area contributed by atoms with Crippen LogP contribution in [0.5, 0.6) is 11.5 Å².